The van der Waals surface area contributed by atoms with Gasteiger partial charge < -0.3 is 15.1 Å². The molecule has 30 heavy (non-hydrogen) atoms. The Kier molecular flexibility index (Phi) is 5.20. The second-order valence-corrected chi connectivity index (χ2v) is 8.66. The molecule has 2 aromatic heterocycles. The van der Waals surface area contributed by atoms with Crippen LogP contribution < -0.4 is 16.3 Å². The first-order chi connectivity index (χ1) is 14.3. The van der Waals surface area contributed by atoms with Crippen molar-refractivity contribution in [3.8, 4) is 0 Å². The third-order valence-electron chi connectivity index (χ3n) is 5.36. The molecular weight excluding hydrogens is 380 g/mol. The fourth-order valence-corrected chi connectivity index (χ4v) is 4.09. The van der Waals surface area contributed by atoms with Gasteiger partial charge in [0.05, 0.1) is 12.6 Å². The molecule has 7 nitrogen and oxygen atoms in total. The highest BCUT2D eigenvalue weighted by Crippen LogP contribution is 2.42. The number of furan rings is 1. The summed E-state index contributed by atoms with van der Waals surface area (Å²) in [4.78, 5) is 28.3. The third kappa shape index (κ3) is 4.45. The van der Waals surface area contributed by atoms with Crippen LogP contribution in [0.15, 0.2) is 58.0 Å². The average molecular weight is 406 g/mol. The van der Waals surface area contributed by atoms with Crippen molar-refractivity contribution in [3.05, 3.63) is 81.9 Å². The molecule has 1 aromatic carbocycles. The smallest absolute Gasteiger partial charge is 0.347 e. The quantitative estimate of drug-likeness (QED) is 0.685. The van der Waals surface area contributed by atoms with E-state index in [0.29, 0.717) is 12.2 Å². The molecule has 0 fully saturated rings. The number of urea groups is 1. The molecule has 2 N–H and O–H groups in total. The normalized spacial score (nSPS) is 17.2. The Labute approximate surface area is 175 Å². The lowest BCUT2D eigenvalue weighted by atomic mass is 9.75. The van der Waals surface area contributed by atoms with Gasteiger partial charge in [-0.2, -0.15) is 0 Å². The fourth-order valence-electron chi connectivity index (χ4n) is 4.09. The van der Waals surface area contributed by atoms with Crippen molar-refractivity contribution in [2.75, 3.05) is 5.32 Å². The zero-order valence-electron chi connectivity index (χ0n) is 17.4. The summed E-state index contributed by atoms with van der Waals surface area (Å²) in [7, 11) is 0. The van der Waals surface area contributed by atoms with Crippen LogP contribution in [0.2, 0.25) is 0 Å². The Morgan fingerprint density at radius 1 is 1.30 bits per heavy atom. The van der Waals surface area contributed by atoms with Gasteiger partial charge in [0.2, 0.25) is 0 Å². The van der Waals surface area contributed by atoms with Crippen LogP contribution in [0.4, 0.5) is 10.5 Å². The average Bonchev–Trinajstić information content (AvgIpc) is 3.03. The number of aryl methyl sites for hydroxylation is 1. The van der Waals surface area contributed by atoms with E-state index in [-0.39, 0.29) is 23.2 Å². The number of hydrogen-bond donors (Lipinski definition) is 2. The van der Waals surface area contributed by atoms with Gasteiger partial charge in [-0.05, 0) is 48.6 Å². The molecule has 0 radical (unpaired) electrons. The third-order valence-corrected chi connectivity index (χ3v) is 5.36. The lowest BCUT2D eigenvalue weighted by Crippen LogP contribution is -2.38. The van der Waals surface area contributed by atoms with Gasteiger partial charge in [0.1, 0.15) is 11.5 Å². The maximum absolute atomic E-state index is 12.7. The van der Waals surface area contributed by atoms with Crippen LogP contribution in [-0.4, -0.2) is 15.6 Å². The van der Waals surface area contributed by atoms with Crippen LogP contribution in [0, 0.1) is 12.3 Å². The fraction of sp³-hybridized carbons (Fsp3) is 0.348. The SMILES string of the molecule is Cc1cc2c(o1)CC(C)(C)CC2NC(=O)Nc1cccc(Cn2cccnc2=O)c1. The number of carbonyl (C=O) groups is 1. The molecule has 2 heterocycles. The van der Waals surface area contributed by atoms with Crippen LogP contribution in [0.3, 0.4) is 0 Å². The van der Waals surface area contributed by atoms with Gasteiger partial charge in [-0.1, -0.05) is 26.0 Å². The lowest BCUT2D eigenvalue weighted by Gasteiger charge is -2.34. The van der Waals surface area contributed by atoms with Crippen molar-refractivity contribution >= 4 is 11.7 Å². The summed E-state index contributed by atoms with van der Waals surface area (Å²) in [5.41, 5.74) is 2.37. The van der Waals surface area contributed by atoms with E-state index in [0.717, 1.165) is 35.5 Å². The largest absolute Gasteiger partial charge is 0.466 e. The first kappa shape index (κ1) is 19.9. The number of benzene rings is 1. The Balaban J connectivity index is 1.46. The highest BCUT2D eigenvalue weighted by molar-refractivity contribution is 5.89. The van der Waals surface area contributed by atoms with E-state index in [9.17, 15) is 9.59 Å². The van der Waals surface area contributed by atoms with E-state index in [4.69, 9.17) is 4.42 Å². The first-order valence-corrected chi connectivity index (χ1v) is 10.1. The summed E-state index contributed by atoms with van der Waals surface area (Å²) in [6.45, 7) is 6.69. The summed E-state index contributed by atoms with van der Waals surface area (Å²) >= 11 is 0. The number of nitrogens with zero attached hydrogens (tertiary/aromatic N) is 2. The summed E-state index contributed by atoms with van der Waals surface area (Å²) in [5, 5.41) is 6.01. The summed E-state index contributed by atoms with van der Waals surface area (Å²) in [5.74, 6) is 1.82. The van der Waals surface area contributed by atoms with Gasteiger partial charge in [-0.25, -0.2) is 14.6 Å². The van der Waals surface area contributed by atoms with Crippen LogP contribution >= 0.6 is 0 Å². The van der Waals surface area contributed by atoms with Gasteiger partial charge in [0.25, 0.3) is 0 Å². The second-order valence-electron chi connectivity index (χ2n) is 8.66. The van der Waals surface area contributed by atoms with Crippen LogP contribution in [0.5, 0.6) is 0 Å². The second kappa shape index (κ2) is 7.82. The molecule has 1 unspecified atom stereocenters. The number of amides is 2. The van der Waals surface area contributed by atoms with Crippen LogP contribution in [0.1, 0.15) is 49.0 Å². The van der Waals surface area contributed by atoms with Gasteiger partial charge in [0, 0.05) is 30.1 Å². The number of hydrogen-bond acceptors (Lipinski definition) is 4. The van der Waals surface area contributed by atoms with Crippen molar-refractivity contribution in [1.82, 2.24) is 14.9 Å². The maximum Gasteiger partial charge on any atom is 0.347 e. The van der Waals surface area contributed by atoms with Crippen molar-refractivity contribution in [2.24, 2.45) is 5.41 Å². The summed E-state index contributed by atoms with van der Waals surface area (Å²) in [6.07, 6.45) is 4.88. The van der Waals surface area contributed by atoms with E-state index in [1.807, 2.05) is 37.3 Å². The zero-order valence-corrected chi connectivity index (χ0v) is 17.4. The van der Waals surface area contributed by atoms with E-state index in [2.05, 4.69) is 29.5 Å². The highest BCUT2D eigenvalue weighted by Gasteiger charge is 2.35. The molecule has 0 aliphatic heterocycles. The maximum atomic E-state index is 12.7. The standard InChI is InChI=1S/C23H26N4O3/c1-15-10-18-19(12-23(2,3)13-20(18)30-15)26-21(28)25-17-7-4-6-16(11-17)14-27-9-5-8-24-22(27)29/h4-11,19H,12-14H2,1-3H3,(H2,25,26,28). The lowest BCUT2D eigenvalue weighted by molar-refractivity contribution is 0.222. The monoisotopic (exact) mass is 406 g/mol. The van der Waals surface area contributed by atoms with Gasteiger partial charge in [-0.3, -0.25) is 4.57 Å². The Bertz CT molecular complexity index is 1130. The molecule has 2 amide bonds. The molecule has 156 valence electrons. The molecule has 0 saturated carbocycles. The van der Waals surface area contributed by atoms with Gasteiger partial charge in [0.15, 0.2) is 0 Å². The number of aromatic nitrogens is 2. The Hall–Kier alpha value is -3.35. The minimum atomic E-state index is -0.306. The summed E-state index contributed by atoms with van der Waals surface area (Å²) < 4.78 is 7.37. The Morgan fingerprint density at radius 2 is 2.13 bits per heavy atom. The van der Waals surface area contributed by atoms with Crippen molar-refractivity contribution in [3.63, 3.8) is 0 Å². The number of carbonyl (C=O) groups excluding carboxylic acids is 1. The molecule has 7 heteroatoms. The van der Waals surface area contributed by atoms with E-state index in [1.165, 1.54) is 10.8 Å². The number of fused-ring (bicyclic) bond motifs is 1. The summed E-state index contributed by atoms with van der Waals surface area (Å²) in [6, 6.07) is 10.8. The molecule has 0 bridgehead atoms. The predicted molar refractivity (Wildman–Crippen MR) is 114 cm³/mol. The van der Waals surface area contributed by atoms with Crippen molar-refractivity contribution < 1.29 is 9.21 Å². The number of nitrogens with one attached hydrogen (secondary N) is 2. The predicted octanol–water partition coefficient (Wildman–Crippen LogP) is 4.03. The molecule has 1 aliphatic rings. The minimum Gasteiger partial charge on any atom is -0.466 e. The molecule has 0 saturated heterocycles. The minimum absolute atomic E-state index is 0.0478. The molecule has 4 rings (SSSR count). The highest BCUT2D eigenvalue weighted by atomic mass is 16.3. The Morgan fingerprint density at radius 3 is 2.93 bits per heavy atom. The van der Waals surface area contributed by atoms with E-state index < -0.39 is 0 Å². The number of anilines is 1. The van der Waals surface area contributed by atoms with E-state index in [1.54, 1.807) is 12.3 Å². The molecular formula is C23H26N4O3. The first-order valence-electron chi connectivity index (χ1n) is 10.1. The van der Waals surface area contributed by atoms with Gasteiger partial charge >= 0.3 is 11.7 Å². The molecule has 1 aliphatic carbocycles. The van der Waals surface area contributed by atoms with Gasteiger partial charge in [-0.15, -0.1) is 0 Å². The van der Waals surface area contributed by atoms with Crippen LogP contribution in [-0.2, 0) is 13.0 Å². The molecule has 3 aromatic rings. The number of rotatable bonds is 4. The van der Waals surface area contributed by atoms with Crippen molar-refractivity contribution in [2.45, 2.75) is 46.2 Å². The van der Waals surface area contributed by atoms with Crippen molar-refractivity contribution in [1.29, 1.82) is 0 Å². The molecule has 1 atom stereocenters. The van der Waals surface area contributed by atoms with E-state index >= 15 is 0 Å². The topological polar surface area (TPSA) is 89.2 Å². The van der Waals surface area contributed by atoms with Crippen LogP contribution in [0.25, 0.3) is 0 Å². The zero-order chi connectivity index (χ0) is 21.3. The molecule has 0 spiro atoms.